The van der Waals surface area contributed by atoms with Crippen molar-refractivity contribution in [1.29, 1.82) is 0 Å². The molecular weight excluding hydrogens is 387 g/mol. The standard InChI is InChI=1S/C20H14Cl2N2O3/c1-10(25)27-20-17-15(9-23-20)12-7-6-11(21)8-14(12)18(24-19(17)26)13-4-2-3-5-16(13)22/h2-9,17,20,23H,1H3. The van der Waals surface area contributed by atoms with Crippen molar-refractivity contribution in [3.63, 3.8) is 0 Å². The number of rotatable bonds is 2. The molecule has 2 atom stereocenters. The predicted molar refractivity (Wildman–Crippen MR) is 104 cm³/mol. The molecule has 2 aliphatic rings. The SMILES string of the molecule is CC(=O)OC1NC=C2c3ccc(Cl)cc3C(c3ccccc3Cl)=NC(=O)C21. The van der Waals surface area contributed by atoms with Crippen molar-refractivity contribution in [1.82, 2.24) is 5.32 Å². The first-order valence-corrected chi connectivity index (χ1v) is 9.02. The van der Waals surface area contributed by atoms with Crippen LogP contribution in [0.4, 0.5) is 0 Å². The molecule has 0 aromatic heterocycles. The van der Waals surface area contributed by atoms with Gasteiger partial charge < -0.3 is 10.1 Å². The second kappa shape index (κ2) is 6.83. The van der Waals surface area contributed by atoms with Crippen molar-refractivity contribution in [2.45, 2.75) is 13.2 Å². The summed E-state index contributed by atoms with van der Waals surface area (Å²) in [6.45, 7) is 1.30. The van der Waals surface area contributed by atoms with Crippen molar-refractivity contribution < 1.29 is 14.3 Å². The smallest absolute Gasteiger partial charge is 0.304 e. The minimum Gasteiger partial charge on any atom is -0.441 e. The lowest BCUT2D eigenvalue weighted by Gasteiger charge is -2.18. The molecule has 0 bridgehead atoms. The summed E-state index contributed by atoms with van der Waals surface area (Å²) in [7, 11) is 0. The molecule has 136 valence electrons. The second-order valence-electron chi connectivity index (χ2n) is 6.24. The molecule has 1 amide bonds. The van der Waals surface area contributed by atoms with E-state index in [9.17, 15) is 9.59 Å². The van der Waals surface area contributed by atoms with Gasteiger partial charge in [-0.05, 0) is 29.3 Å². The molecule has 2 unspecified atom stereocenters. The van der Waals surface area contributed by atoms with Gasteiger partial charge in [-0.3, -0.25) is 9.59 Å². The lowest BCUT2D eigenvalue weighted by Crippen LogP contribution is -2.35. The third-order valence-corrected chi connectivity index (χ3v) is 5.06. The van der Waals surface area contributed by atoms with Crippen LogP contribution >= 0.6 is 23.2 Å². The summed E-state index contributed by atoms with van der Waals surface area (Å²) in [6.07, 6.45) is 0.886. The summed E-state index contributed by atoms with van der Waals surface area (Å²) in [4.78, 5) is 28.8. The predicted octanol–water partition coefficient (Wildman–Crippen LogP) is 3.82. The number of fused-ring (bicyclic) bond motifs is 3. The first-order valence-electron chi connectivity index (χ1n) is 8.27. The van der Waals surface area contributed by atoms with Crippen LogP contribution in [0.15, 0.2) is 53.7 Å². The summed E-state index contributed by atoms with van der Waals surface area (Å²) in [5, 5.41) is 3.95. The van der Waals surface area contributed by atoms with E-state index in [1.807, 2.05) is 18.2 Å². The van der Waals surface area contributed by atoms with Crippen LogP contribution in [0.2, 0.25) is 10.0 Å². The molecule has 4 rings (SSSR count). The normalized spacial score (nSPS) is 20.6. The average molecular weight is 401 g/mol. The van der Waals surface area contributed by atoms with Gasteiger partial charge in [0.15, 0.2) is 6.23 Å². The maximum atomic E-state index is 13.0. The Bertz CT molecular complexity index is 1030. The summed E-state index contributed by atoms with van der Waals surface area (Å²) < 4.78 is 5.27. The van der Waals surface area contributed by atoms with Gasteiger partial charge in [-0.15, -0.1) is 0 Å². The number of hydrogen-bond donors (Lipinski definition) is 1. The van der Waals surface area contributed by atoms with Crippen LogP contribution in [0.1, 0.15) is 23.6 Å². The van der Waals surface area contributed by atoms with Crippen molar-refractivity contribution in [3.05, 3.63) is 75.4 Å². The van der Waals surface area contributed by atoms with E-state index in [0.717, 1.165) is 5.56 Å². The van der Waals surface area contributed by atoms with E-state index >= 15 is 0 Å². The van der Waals surface area contributed by atoms with Crippen LogP contribution in [-0.2, 0) is 14.3 Å². The lowest BCUT2D eigenvalue weighted by molar-refractivity contribution is -0.150. The van der Waals surface area contributed by atoms with E-state index in [-0.39, 0.29) is 0 Å². The van der Waals surface area contributed by atoms with E-state index in [1.165, 1.54) is 6.92 Å². The van der Waals surface area contributed by atoms with Crippen LogP contribution in [0.5, 0.6) is 0 Å². The third-order valence-electron chi connectivity index (χ3n) is 4.50. The number of amides is 1. The number of esters is 1. The molecule has 0 radical (unpaired) electrons. The molecule has 0 saturated heterocycles. The number of carbonyl (C=O) groups is 2. The Morgan fingerprint density at radius 2 is 1.89 bits per heavy atom. The van der Waals surface area contributed by atoms with Crippen LogP contribution < -0.4 is 5.32 Å². The van der Waals surface area contributed by atoms with Gasteiger partial charge in [0.05, 0.1) is 5.71 Å². The summed E-state index contributed by atoms with van der Waals surface area (Å²) in [5.41, 5.74) is 3.26. The number of hydrogen-bond acceptors (Lipinski definition) is 4. The first-order chi connectivity index (χ1) is 13.0. The Morgan fingerprint density at radius 1 is 1.11 bits per heavy atom. The van der Waals surface area contributed by atoms with Gasteiger partial charge in [0.2, 0.25) is 0 Å². The monoisotopic (exact) mass is 400 g/mol. The highest BCUT2D eigenvalue weighted by Crippen LogP contribution is 2.39. The largest absolute Gasteiger partial charge is 0.441 e. The topological polar surface area (TPSA) is 67.8 Å². The van der Waals surface area contributed by atoms with Gasteiger partial charge in [-0.25, -0.2) is 4.99 Å². The highest BCUT2D eigenvalue weighted by Gasteiger charge is 2.41. The third kappa shape index (κ3) is 3.13. The number of nitrogens with one attached hydrogen (secondary N) is 1. The zero-order valence-corrected chi connectivity index (χ0v) is 15.7. The molecule has 7 heteroatoms. The van der Waals surface area contributed by atoms with Crippen molar-refractivity contribution in [2.24, 2.45) is 10.9 Å². The summed E-state index contributed by atoms with van der Waals surface area (Å²) in [6, 6.07) is 12.5. The first kappa shape index (κ1) is 17.8. The molecule has 27 heavy (non-hydrogen) atoms. The zero-order valence-electron chi connectivity index (χ0n) is 14.2. The molecule has 0 fully saturated rings. The molecule has 1 N–H and O–H groups in total. The van der Waals surface area contributed by atoms with Crippen molar-refractivity contribution >= 4 is 46.4 Å². The van der Waals surface area contributed by atoms with Gasteiger partial charge in [0.25, 0.3) is 5.91 Å². The van der Waals surface area contributed by atoms with Crippen LogP contribution in [0, 0.1) is 5.92 Å². The highest BCUT2D eigenvalue weighted by atomic mass is 35.5. The Morgan fingerprint density at radius 3 is 2.63 bits per heavy atom. The molecule has 0 aliphatic carbocycles. The number of aliphatic imine (C=N–C) groups is 1. The van der Waals surface area contributed by atoms with E-state index in [0.29, 0.717) is 32.5 Å². The number of nitrogens with zero attached hydrogens (tertiary/aromatic N) is 1. The number of benzene rings is 2. The van der Waals surface area contributed by atoms with E-state index in [4.69, 9.17) is 27.9 Å². The molecule has 0 saturated carbocycles. The minimum absolute atomic E-state index is 0.417. The Balaban J connectivity index is 1.93. The summed E-state index contributed by atoms with van der Waals surface area (Å²) >= 11 is 12.6. The minimum atomic E-state index is -0.803. The molecule has 2 aromatic carbocycles. The fourth-order valence-corrected chi connectivity index (χ4v) is 3.77. The number of carbonyl (C=O) groups excluding carboxylic acids is 2. The van der Waals surface area contributed by atoms with E-state index in [2.05, 4.69) is 10.3 Å². The van der Waals surface area contributed by atoms with Crippen molar-refractivity contribution in [2.75, 3.05) is 0 Å². The molecule has 5 nitrogen and oxygen atoms in total. The molecule has 2 heterocycles. The number of halogens is 2. The van der Waals surface area contributed by atoms with Gasteiger partial charge >= 0.3 is 5.97 Å². The summed E-state index contributed by atoms with van der Waals surface area (Å²) in [5.74, 6) is -1.64. The lowest BCUT2D eigenvalue weighted by atomic mass is 9.89. The fourth-order valence-electron chi connectivity index (χ4n) is 3.37. The molecule has 2 aliphatic heterocycles. The van der Waals surface area contributed by atoms with Crippen LogP contribution in [0.3, 0.4) is 0 Å². The Labute approximate surface area is 165 Å². The molecule has 2 aromatic rings. The number of ether oxygens (including phenoxy) is 1. The highest BCUT2D eigenvalue weighted by molar-refractivity contribution is 6.37. The van der Waals surface area contributed by atoms with Crippen LogP contribution in [0.25, 0.3) is 5.57 Å². The van der Waals surface area contributed by atoms with Gasteiger partial charge in [-0.1, -0.05) is 47.5 Å². The van der Waals surface area contributed by atoms with Crippen LogP contribution in [-0.4, -0.2) is 23.8 Å². The molecular formula is C20H14Cl2N2O3. The van der Waals surface area contributed by atoms with Crippen molar-refractivity contribution in [3.8, 4) is 0 Å². The van der Waals surface area contributed by atoms with Gasteiger partial charge in [-0.2, -0.15) is 0 Å². The van der Waals surface area contributed by atoms with Gasteiger partial charge in [0, 0.05) is 34.3 Å². The zero-order chi connectivity index (χ0) is 19.1. The maximum absolute atomic E-state index is 13.0. The Kier molecular flexibility index (Phi) is 4.50. The van der Waals surface area contributed by atoms with Gasteiger partial charge in [0.1, 0.15) is 5.92 Å². The molecule has 0 spiro atoms. The quantitative estimate of drug-likeness (QED) is 0.777. The Hall–Kier alpha value is -2.63. The van der Waals surface area contributed by atoms with E-state index in [1.54, 1.807) is 30.5 Å². The maximum Gasteiger partial charge on any atom is 0.304 e. The van der Waals surface area contributed by atoms with E-state index < -0.39 is 24.0 Å². The fraction of sp³-hybridized carbons (Fsp3) is 0.150. The average Bonchev–Trinajstić information content (AvgIpc) is 2.98. The second-order valence-corrected chi connectivity index (χ2v) is 7.09.